The molecule has 1 aromatic heterocycles. The molecule has 27 heavy (non-hydrogen) atoms. The molecule has 0 bridgehead atoms. The molecule has 3 rings (SSSR count). The largest absolute Gasteiger partial charge is 0.483 e. The highest BCUT2D eigenvalue weighted by molar-refractivity contribution is 5.95. The Hall–Kier alpha value is -3.48. The summed E-state index contributed by atoms with van der Waals surface area (Å²) in [6, 6.07) is 12.5. The number of amides is 1. The summed E-state index contributed by atoms with van der Waals surface area (Å²) < 4.78 is 23.8. The average Bonchev–Trinajstić information content (AvgIpc) is 2.65. The van der Waals surface area contributed by atoms with Crippen molar-refractivity contribution in [3.8, 4) is 5.75 Å². The molecular formula is C20H17FN2O4. The zero-order chi connectivity index (χ0) is 19.4. The van der Waals surface area contributed by atoms with Crippen molar-refractivity contribution in [2.24, 2.45) is 0 Å². The molecule has 6 nitrogen and oxygen atoms in total. The van der Waals surface area contributed by atoms with E-state index in [1.54, 1.807) is 6.07 Å². The molecular weight excluding hydrogens is 351 g/mol. The Bertz CT molecular complexity index is 1020. The number of hydrogen-bond donors (Lipinski definition) is 1. The van der Waals surface area contributed by atoms with E-state index >= 15 is 0 Å². The van der Waals surface area contributed by atoms with Gasteiger partial charge in [0, 0.05) is 17.1 Å². The molecule has 2 aromatic carbocycles. The Morgan fingerprint density at radius 2 is 1.96 bits per heavy atom. The highest BCUT2D eigenvalue weighted by Crippen LogP contribution is 2.27. The Labute approximate surface area is 154 Å². The third-order valence-electron chi connectivity index (χ3n) is 3.79. The van der Waals surface area contributed by atoms with Gasteiger partial charge < -0.3 is 14.8 Å². The number of pyridine rings is 1. The first kappa shape index (κ1) is 18.3. The summed E-state index contributed by atoms with van der Waals surface area (Å²) >= 11 is 0. The number of halogens is 1. The quantitative estimate of drug-likeness (QED) is 0.698. The van der Waals surface area contributed by atoms with Crippen molar-refractivity contribution in [2.45, 2.75) is 6.92 Å². The topological polar surface area (TPSA) is 77.5 Å². The number of benzene rings is 2. The van der Waals surface area contributed by atoms with E-state index in [1.807, 2.05) is 25.1 Å². The van der Waals surface area contributed by atoms with Crippen LogP contribution in [-0.2, 0) is 9.53 Å². The number of fused-ring (bicyclic) bond motifs is 1. The number of aryl methyl sites for hydroxylation is 1. The van der Waals surface area contributed by atoms with E-state index in [1.165, 1.54) is 31.4 Å². The fourth-order valence-corrected chi connectivity index (χ4v) is 2.56. The fourth-order valence-electron chi connectivity index (χ4n) is 2.56. The lowest BCUT2D eigenvalue weighted by molar-refractivity contribution is -0.118. The van der Waals surface area contributed by atoms with Gasteiger partial charge in [-0.05, 0) is 42.8 Å². The maximum atomic E-state index is 13.6. The molecule has 0 spiro atoms. The first-order valence-electron chi connectivity index (χ1n) is 8.14. The maximum Gasteiger partial charge on any atom is 0.356 e. The van der Waals surface area contributed by atoms with Gasteiger partial charge in [-0.3, -0.25) is 4.79 Å². The molecule has 7 heteroatoms. The second-order valence-corrected chi connectivity index (χ2v) is 5.87. The van der Waals surface area contributed by atoms with Crippen molar-refractivity contribution in [3.05, 3.63) is 65.6 Å². The Kier molecular flexibility index (Phi) is 5.30. The van der Waals surface area contributed by atoms with Crippen molar-refractivity contribution in [2.75, 3.05) is 19.0 Å². The van der Waals surface area contributed by atoms with Crippen LogP contribution < -0.4 is 10.1 Å². The summed E-state index contributed by atoms with van der Waals surface area (Å²) in [5, 5.41) is 3.07. The van der Waals surface area contributed by atoms with Gasteiger partial charge in [0.15, 0.2) is 12.3 Å². The maximum absolute atomic E-state index is 13.6. The van der Waals surface area contributed by atoms with E-state index in [9.17, 15) is 14.0 Å². The molecule has 0 aliphatic rings. The molecule has 0 atom stereocenters. The minimum absolute atomic E-state index is 0.00528. The Morgan fingerprint density at radius 1 is 1.15 bits per heavy atom. The third-order valence-corrected chi connectivity index (χ3v) is 3.79. The smallest absolute Gasteiger partial charge is 0.356 e. The van der Waals surface area contributed by atoms with Gasteiger partial charge in [0.05, 0.1) is 12.6 Å². The van der Waals surface area contributed by atoms with Crippen molar-refractivity contribution in [3.63, 3.8) is 0 Å². The first-order valence-corrected chi connectivity index (χ1v) is 8.14. The van der Waals surface area contributed by atoms with Gasteiger partial charge in [-0.2, -0.15) is 0 Å². The SMILES string of the molecule is COC(=O)c1cc(OCC(=O)Nc2cccc(C)c2)c2cc(F)ccc2n1. The highest BCUT2D eigenvalue weighted by atomic mass is 19.1. The van der Waals surface area contributed by atoms with Crippen LogP contribution in [0.4, 0.5) is 10.1 Å². The number of anilines is 1. The summed E-state index contributed by atoms with van der Waals surface area (Å²) in [5.41, 5.74) is 2.01. The number of nitrogens with one attached hydrogen (secondary N) is 1. The second kappa shape index (κ2) is 7.82. The summed E-state index contributed by atoms with van der Waals surface area (Å²) in [6.07, 6.45) is 0. The molecule has 0 saturated carbocycles. The number of carbonyl (C=O) groups excluding carboxylic acids is 2. The summed E-state index contributed by atoms with van der Waals surface area (Å²) in [4.78, 5) is 28.1. The zero-order valence-electron chi connectivity index (χ0n) is 14.8. The van der Waals surface area contributed by atoms with E-state index in [4.69, 9.17) is 4.74 Å². The Balaban J connectivity index is 1.83. The van der Waals surface area contributed by atoms with Crippen LogP contribution in [0.15, 0.2) is 48.5 Å². The van der Waals surface area contributed by atoms with Gasteiger partial charge in [-0.1, -0.05) is 12.1 Å². The molecule has 0 unspecified atom stereocenters. The molecule has 138 valence electrons. The summed E-state index contributed by atoms with van der Waals surface area (Å²) in [7, 11) is 1.23. The van der Waals surface area contributed by atoms with Gasteiger partial charge in [-0.25, -0.2) is 14.2 Å². The molecule has 1 heterocycles. The lowest BCUT2D eigenvalue weighted by Crippen LogP contribution is -2.20. The fraction of sp³-hybridized carbons (Fsp3) is 0.150. The van der Waals surface area contributed by atoms with Crippen LogP contribution in [0.2, 0.25) is 0 Å². The van der Waals surface area contributed by atoms with Crippen LogP contribution in [0.1, 0.15) is 16.1 Å². The summed E-state index contributed by atoms with van der Waals surface area (Å²) in [6.45, 7) is 1.60. The van der Waals surface area contributed by atoms with Crippen molar-refractivity contribution in [1.29, 1.82) is 0 Å². The minimum Gasteiger partial charge on any atom is -0.483 e. The number of esters is 1. The van der Waals surface area contributed by atoms with Gasteiger partial charge in [0.1, 0.15) is 11.6 Å². The number of nitrogens with zero attached hydrogens (tertiary/aromatic N) is 1. The molecule has 3 aromatic rings. The molecule has 0 radical (unpaired) electrons. The van der Waals surface area contributed by atoms with E-state index in [0.29, 0.717) is 16.6 Å². The van der Waals surface area contributed by atoms with Gasteiger partial charge >= 0.3 is 5.97 Å². The van der Waals surface area contributed by atoms with E-state index in [0.717, 1.165) is 5.56 Å². The predicted molar refractivity (Wildman–Crippen MR) is 98.3 cm³/mol. The van der Waals surface area contributed by atoms with Crippen LogP contribution >= 0.6 is 0 Å². The normalized spacial score (nSPS) is 10.5. The van der Waals surface area contributed by atoms with E-state index < -0.39 is 11.8 Å². The number of rotatable bonds is 5. The lowest BCUT2D eigenvalue weighted by atomic mass is 10.1. The first-order chi connectivity index (χ1) is 13.0. The van der Waals surface area contributed by atoms with Crippen molar-refractivity contribution < 1.29 is 23.5 Å². The lowest BCUT2D eigenvalue weighted by Gasteiger charge is -2.11. The van der Waals surface area contributed by atoms with Gasteiger partial charge in [0.25, 0.3) is 5.91 Å². The van der Waals surface area contributed by atoms with Crippen LogP contribution in [-0.4, -0.2) is 30.6 Å². The molecule has 1 N–H and O–H groups in total. The predicted octanol–water partition coefficient (Wildman–Crippen LogP) is 3.49. The summed E-state index contributed by atoms with van der Waals surface area (Å²) in [5.74, 6) is -1.36. The monoisotopic (exact) mass is 368 g/mol. The van der Waals surface area contributed by atoms with Crippen molar-refractivity contribution >= 4 is 28.5 Å². The van der Waals surface area contributed by atoms with Gasteiger partial charge in [-0.15, -0.1) is 0 Å². The van der Waals surface area contributed by atoms with E-state index in [-0.39, 0.29) is 24.0 Å². The third kappa shape index (κ3) is 4.38. The molecule has 0 saturated heterocycles. The zero-order valence-corrected chi connectivity index (χ0v) is 14.8. The average molecular weight is 368 g/mol. The number of carbonyl (C=O) groups is 2. The molecule has 0 aliphatic heterocycles. The number of ether oxygens (including phenoxy) is 2. The molecule has 1 amide bonds. The Morgan fingerprint density at radius 3 is 2.70 bits per heavy atom. The number of methoxy groups -OCH3 is 1. The molecule has 0 fully saturated rings. The number of aromatic nitrogens is 1. The second-order valence-electron chi connectivity index (χ2n) is 5.87. The minimum atomic E-state index is -0.657. The van der Waals surface area contributed by atoms with E-state index in [2.05, 4.69) is 15.0 Å². The van der Waals surface area contributed by atoms with Crippen molar-refractivity contribution in [1.82, 2.24) is 4.98 Å². The highest BCUT2D eigenvalue weighted by Gasteiger charge is 2.15. The molecule has 0 aliphatic carbocycles. The standard InChI is InChI=1S/C20H17FN2O4/c1-12-4-3-5-14(8-12)22-19(24)11-27-18-10-17(20(25)26-2)23-16-7-6-13(21)9-15(16)18/h3-10H,11H2,1-2H3,(H,22,24). The van der Waals surface area contributed by atoms with Crippen LogP contribution in [0.25, 0.3) is 10.9 Å². The van der Waals surface area contributed by atoms with Crippen LogP contribution in [0, 0.1) is 12.7 Å². The van der Waals surface area contributed by atoms with Crippen LogP contribution in [0.5, 0.6) is 5.75 Å². The van der Waals surface area contributed by atoms with Gasteiger partial charge in [0.2, 0.25) is 0 Å². The number of hydrogen-bond acceptors (Lipinski definition) is 5. The van der Waals surface area contributed by atoms with Crippen LogP contribution in [0.3, 0.4) is 0 Å².